The highest BCUT2D eigenvalue weighted by Gasteiger charge is 2.29. The molecule has 3 rings (SSSR count). The summed E-state index contributed by atoms with van der Waals surface area (Å²) in [6, 6.07) is 10.1. The molecule has 0 unspecified atom stereocenters. The molecule has 0 saturated heterocycles. The van der Waals surface area contributed by atoms with E-state index >= 15 is 0 Å². The van der Waals surface area contributed by atoms with Crippen LogP contribution in [-0.4, -0.2) is 15.5 Å². The van der Waals surface area contributed by atoms with Crippen molar-refractivity contribution in [3.05, 3.63) is 65.9 Å². The Balaban J connectivity index is 2.40. The van der Waals surface area contributed by atoms with E-state index in [2.05, 4.69) is 51.1 Å². The second-order valence-corrected chi connectivity index (χ2v) is 9.39. The molecule has 2 N–H and O–H groups in total. The van der Waals surface area contributed by atoms with E-state index in [4.69, 9.17) is 5.73 Å². The number of halogens is 1. The first kappa shape index (κ1) is 20.8. The SMILES string of the molecule is CC(C)(C)c1c(C(N)=O)cc(-c2ccc(F)cc2)cc1-c1cncn1C(C)(C)C. The minimum absolute atomic E-state index is 0.195. The second kappa shape index (κ2) is 7.14. The van der Waals surface area contributed by atoms with Crippen molar-refractivity contribution in [1.29, 1.82) is 0 Å². The lowest BCUT2D eigenvalue weighted by Crippen LogP contribution is -2.25. The molecule has 4 nitrogen and oxygen atoms in total. The van der Waals surface area contributed by atoms with Gasteiger partial charge in [0.05, 0.1) is 18.2 Å². The van der Waals surface area contributed by atoms with Gasteiger partial charge in [0.1, 0.15) is 5.82 Å². The molecule has 0 spiro atoms. The van der Waals surface area contributed by atoms with Gasteiger partial charge in [-0.2, -0.15) is 0 Å². The number of nitrogens with zero attached hydrogens (tertiary/aromatic N) is 2. The van der Waals surface area contributed by atoms with Gasteiger partial charge in [0, 0.05) is 16.7 Å². The van der Waals surface area contributed by atoms with Gasteiger partial charge in [0.2, 0.25) is 5.91 Å². The quantitative estimate of drug-likeness (QED) is 0.638. The Labute approximate surface area is 171 Å². The number of benzene rings is 2. The van der Waals surface area contributed by atoms with Gasteiger partial charge in [-0.3, -0.25) is 4.79 Å². The number of hydrogen-bond donors (Lipinski definition) is 1. The fourth-order valence-corrected chi connectivity index (χ4v) is 3.68. The van der Waals surface area contributed by atoms with Crippen LogP contribution in [0.5, 0.6) is 0 Å². The first-order valence-corrected chi connectivity index (χ1v) is 9.67. The lowest BCUT2D eigenvalue weighted by Gasteiger charge is -2.29. The molecular weight excluding hydrogens is 365 g/mol. The third-order valence-electron chi connectivity index (χ3n) is 4.97. The van der Waals surface area contributed by atoms with Crippen molar-refractivity contribution in [2.75, 3.05) is 0 Å². The number of aromatic nitrogens is 2. The minimum Gasteiger partial charge on any atom is -0.366 e. The van der Waals surface area contributed by atoms with E-state index in [0.717, 1.165) is 27.9 Å². The average Bonchev–Trinajstić information content (AvgIpc) is 3.10. The fraction of sp³-hybridized carbons (Fsp3) is 0.333. The molecule has 0 fully saturated rings. The number of hydrogen-bond acceptors (Lipinski definition) is 2. The van der Waals surface area contributed by atoms with E-state index < -0.39 is 5.91 Å². The van der Waals surface area contributed by atoms with Crippen molar-refractivity contribution in [3.63, 3.8) is 0 Å². The highest BCUT2D eigenvalue weighted by Crippen LogP contribution is 2.40. The Hall–Kier alpha value is -2.95. The third kappa shape index (κ3) is 4.09. The van der Waals surface area contributed by atoms with E-state index in [0.29, 0.717) is 5.56 Å². The number of amides is 1. The molecule has 1 amide bonds. The van der Waals surface area contributed by atoms with Crippen LogP contribution in [0, 0.1) is 5.82 Å². The number of rotatable bonds is 3. The van der Waals surface area contributed by atoms with Gasteiger partial charge in [0.25, 0.3) is 0 Å². The molecule has 152 valence electrons. The molecule has 0 atom stereocenters. The normalized spacial score (nSPS) is 12.2. The van der Waals surface area contributed by atoms with Crippen LogP contribution in [0.4, 0.5) is 4.39 Å². The maximum atomic E-state index is 13.4. The number of carbonyl (C=O) groups is 1. The van der Waals surface area contributed by atoms with E-state index in [1.165, 1.54) is 12.1 Å². The Bertz CT molecular complexity index is 1050. The van der Waals surface area contributed by atoms with Gasteiger partial charge in [-0.1, -0.05) is 32.9 Å². The topological polar surface area (TPSA) is 60.9 Å². The first-order valence-electron chi connectivity index (χ1n) is 9.67. The summed E-state index contributed by atoms with van der Waals surface area (Å²) < 4.78 is 15.5. The summed E-state index contributed by atoms with van der Waals surface area (Å²) in [5.41, 5.74) is 10.1. The number of primary amides is 1. The van der Waals surface area contributed by atoms with Crippen LogP contribution in [0.1, 0.15) is 57.5 Å². The van der Waals surface area contributed by atoms with Crippen molar-refractivity contribution >= 4 is 5.91 Å². The zero-order valence-electron chi connectivity index (χ0n) is 17.9. The Morgan fingerprint density at radius 2 is 1.62 bits per heavy atom. The molecule has 0 aliphatic carbocycles. The summed E-state index contributed by atoms with van der Waals surface area (Å²) in [4.78, 5) is 16.8. The standard InChI is InChI=1S/C24H28FN3O/c1-23(2,3)21-18(20-13-27-14-28(20)24(4,5)6)11-16(12-19(21)22(26)29)15-7-9-17(25)10-8-15/h7-14H,1-6H3,(H2,26,29). The van der Waals surface area contributed by atoms with Crippen LogP contribution >= 0.6 is 0 Å². The largest absolute Gasteiger partial charge is 0.366 e. The average molecular weight is 394 g/mol. The van der Waals surface area contributed by atoms with E-state index in [1.807, 2.05) is 12.3 Å². The lowest BCUT2D eigenvalue weighted by atomic mass is 9.78. The summed E-state index contributed by atoms with van der Waals surface area (Å²) in [5, 5.41) is 0. The summed E-state index contributed by atoms with van der Waals surface area (Å²) in [7, 11) is 0. The minimum atomic E-state index is -0.484. The predicted molar refractivity (Wildman–Crippen MR) is 115 cm³/mol. The van der Waals surface area contributed by atoms with Crippen LogP contribution in [-0.2, 0) is 11.0 Å². The van der Waals surface area contributed by atoms with Crippen LogP contribution in [0.25, 0.3) is 22.4 Å². The monoisotopic (exact) mass is 393 g/mol. The summed E-state index contributed by atoms with van der Waals surface area (Å²) >= 11 is 0. The lowest BCUT2D eigenvalue weighted by molar-refractivity contribution is 0.0998. The molecule has 1 aromatic heterocycles. The van der Waals surface area contributed by atoms with Gasteiger partial charge in [-0.15, -0.1) is 0 Å². The molecule has 0 saturated carbocycles. The molecule has 0 aliphatic rings. The summed E-state index contributed by atoms with van der Waals surface area (Å²) in [6.45, 7) is 12.5. The summed E-state index contributed by atoms with van der Waals surface area (Å²) in [5.74, 6) is -0.789. The van der Waals surface area contributed by atoms with E-state index in [1.54, 1.807) is 24.5 Å². The van der Waals surface area contributed by atoms with Crippen molar-refractivity contribution in [2.45, 2.75) is 52.5 Å². The molecular formula is C24H28FN3O. The molecule has 5 heteroatoms. The fourth-order valence-electron chi connectivity index (χ4n) is 3.68. The van der Waals surface area contributed by atoms with Gasteiger partial charge >= 0.3 is 0 Å². The van der Waals surface area contributed by atoms with Crippen molar-refractivity contribution < 1.29 is 9.18 Å². The van der Waals surface area contributed by atoms with Crippen molar-refractivity contribution in [2.24, 2.45) is 5.73 Å². The van der Waals surface area contributed by atoms with E-state index in [-0.39, 0.29) is 16.8 Å². The van der Waals surface area contributed by atoms with Crippen molar-refractivity contribution in [1.82, 2.24) is 9.55 Å². The molecule has 2 aromatic carbocycles. The van der Waals surface area contributed by atoms with Crippen LogP contribution in [0.3, 0.4) is 0 Å². The molecule has 1 heterocycles. The number of carbonyl (C=O) groups excluding carboxylic acids is 1. The number of nitrogens with two attached hydrogens (primary N) is 1. The molecule has 3 aromatic rings. The van der Waals surface area contributed by atoms with E-state index in [9.17, 15) is 9.18 Å². The Morgan fingerprint density at radius 1 is 1.00 bits per heavy atom. The molecule has 0 radical (unpaired) electrons. The Kier molecular flexibility index (Phi) is 5.11. The van der Waals surface area contributed by atoms with Crippen LogP contribution in [0.15, 0.2) is 48.9 Å². The molecule has 29 heavy (non-hydrogen) atoms. The zero-order valence-corrected chi connectivity index (χ0v) is 17.9. The smallest absolute Gasteiger partial charge is 0.249 e. The van der Waals surface area contributed by atoms with Gasteiger partial charge in [-0.05, 0) is 67.1 Å². The molecule has 0 bridgehead atoms. The first-order chi connectivity index (χ1) is 13.4. The summed E-state index contributed by atoms with van der Waals surface area (Å²) in [6.07, 6.45) is 3.62. The zero-order chi connectivity index (χ0) is 21.6. The van der Waals surface area contributed by atoms with Crippen LogP contribution < -0.4 is 5.73 Å². The van der Waals surface area contributed by atoms with Crippen LogP contribution in [0.2, 0.25) is 0 Å². The maximum absolute atomic E-state index is 13.4. The van der Waals surface area contributed by atoms with Gasteiger partial charge < -0.3 is 10.3 Å². The molecule has 0 aliphatic heterocycles. The third-order valence-corrected chi connectivity index (χ3v) is 4.97. The Morgan fingerprint density at radius 3 is 2.14 bits per heavy atom. The van der Waals surface area contributed by atoms with Gasteiger partial charge in [0.15, 0.2) is 0 Å². The highest BCUT2D eigenvalue weighted by atomic mass is 19.1. The van der Waals surface area contributed by atoms with Crippen molar-refractivity contribution in [3.8, 4) is 22.4 Å². The predicted octanol–water partition coefficient (Wildman–Crippen LogP) is 5.51. The number of imidazole rings is 1. The highest BCUT2D eigenvalue weighted by molar-refractivity contribution is 5.98. The maximum Gasteiger partial charge on any atom is 0.249 e. The second-order valence-electron chi connectivity index (χ2n) is 9.39. The van der Waals surface area contributed by atoms with Gasteiger partial charge in [-0.25, -0.2) is 9.37 Å².